The van der Waals surface area contributed by atoms with E-state index in [1.807, 2.05) is 6.26 Å². The molecule has 2 aromatic rings. The van der Waals surface area contributed by atoms with Crippen molar-refractivity contribution in [2.75, 3.05) is 18.7 Å². The van der Waals surface area contributed by atoms with Gasteiger partial charge in [0.2, 0.25) is 0 Å². The molecule has 0 aliphatic rings. The highest BCUT2D eigenvalue weighted by molar-refractivity contribution is 7.98. The topological polar surface area (TPSA) is 38.3 Å². The Morgan fingerprint density at radius 2 is 2.05 bits per heavy atom. The molecule has 1 N–H and O–H groups in total. The summed E-state index contributed by atoms with van der Waals surface area (Å²) in [5, 5.41) is 2.84. The molecular formula is C15H13ClFNO2S. The first-order valence-electron chi connectivity index (χ1n) is 6.03. The van der Waals surface area contributed by atoms with E-state index in [0.717, 1.165) is 4.90 Å². The summed E-state index contributed by atoms with van der Waals surface area (Å²) in [4.78, 5) is 13.2. The van der Waals surface area contributed by atoms with Crippen LogP contribution in [-0.4, -0.2) is 19.3 Å². The molecule has 0 aliphatic carbocycles. The summed E-state index contributed by atoms with van der Waals surface area (Å²) in [6.07, 6.45) is 1.93. The van der Waals surface area contributed by atoms with Gasteiger partial charge >= 0.3 is 0 Å². The van der Waals surface area contributed by atoms with Crippen LogP contribution in [0.1, 0.15) is 10.4 Å². The van der Waals surface area contributed by atoms with Gasteiger partial charge in [-0.3, -0.25) is 4.79 Å². The number of carbonyl (C=O) groups excluding carboxylic acids is 1. The van der Waals surface area contributed by atoms with Gasteiger partial charge in [0.15, 0.2) is 0 Å². The molecule has 0 bridgehead atoms. The van der Waals surface area contributed by atoms with Gasteiger partial charge in [-0.15, -0.1) is 11.8 Å². The van der Waals surface area contributed by atoms with E-state index in [2.05, 4.69) is 5.32 Å². The molecule has 0 atom stereocenters. The van der Waals surface area contributed by atoms with Gasteiger partial charge in [-0.1, -0.05) is 11.6 Å². The first-order valence-corrected chi connectivity index (χ1v) is 7.64. The molecule has 0 fully saturated rings. The molecule has 0 heterocycles. The summed E-state index contributed by atoms with van der Waals surface area (Å²) in [6, 6.07) is 9.18. The van der Waals surface area contributed by atoms with E-state index in [9.17, 15) is 9.18 Å². The zero-order valence-electron chi connectivity index (χ0n) is 11.4. The average molecular weight is 326 g/mol. The van der Waals surface area contributed by atoms with Crippen LogP contribution in [0.15, 0.2) is 41.3 Å². The molecule has 0 unspecified atom stereocenters. The van der Waals surface area contributed by atoms with Crippen molar-refractivity contribution < 1.29 is 13.9 Å². The maximum absolute atomic E-state index is 13.6. The Bertz CT molecular complexity index is 679. The van der Waals surface area contributed by atoms with Crippen LogP contribution in [0, 0.1) is 5.82 Å². The molecule has 0 aliphatic heterocycles. The second-order valence-electron chi connectivity index (χ2n) is 4.14. The van der Waals surface area contributed by atoms with E-state index in [1.165, 1.54) is 37.1 Å². The highest BCUT2D eigenvalue weighted by Crippen LogP contribution is 2.27. The number of hydrogen-bond acceptors (Lipinski definition) is 3. The minimum absolute atomic E-state index is 0.0310. The Morgan fingerprint density at radius 1 is 1.29 bits per heavy atom. The van der Waals surface area contributed by atoms with Gasteiger partial charge in [0, 0.05) is 9.92 Å². The van der Waals surface area contributed by atoms with Crippen LogP contribution in [0.4, 0.5) is 10.1 Å². The number of nitrogens with one attached hydrogen (secondary N) is 1. The lowest BCUT2D eigenvalue weighted by atomic mass is 10.2. The highest BCUT2D eigenvalue weighted by atomic mass is 35.5. The third-order valence-electron chi connectivity index (χ3n) is 2.83. The Labute approximate surface area is 131 Å². The quantitative estimate of drug-likeness (QED) is 0.843. The molecule has 0 saturated carbocycles. The zero-order chi connectivity index (χ0) is 15.4. The predicted octanol–water partition coefficient (Wildman–Crippen LogP) is 4.46. The Hall–Kier alpha value is -1.72. The number of benzene rings is 2. The lowest BCUT2D eigenvalue weighted by molar-refractivity contribution is 0.102. The average Bonchev–Trinajstić information content (AvgIpc) is 2.50. The third kappa shape index (κ3) is 3.68. The number of rotatable bonds is 4. The first kappa shape index (κ1) is 15.7. The van der Waals surface area contributed by atoms with Crippen LogP contribution in [0.25, 0.3) is 0 Å². The van der Waals surface area contributed by atoms with E-state index in [-0.39, 0.29) is 5.69 Å². The van der Waals surface area contributed by atoms with Crippen LogP contribution < -0.4 is 10.1 Å². The molecule has 3 nitrogen and oxygen atoms in total. The number of amides is 1. The largest absolute Gasteiger partial charge is 0.496 e. The SMILES string of the molecule is COc1cc(SC)ccc1C(=O)Nc1cc(Cl)ccc1F. The van der Waals surface area contributed by atoms with Crippen molar-refractivity contribution in [3.8, 4) is 5.75 Å². The zero-order valence-corrected chi connectivity index (χ0v) is 13.0. The Kier molecular flexibility index (Phi) is 5.09. The van der Waals surface area contributed by atoms with Gasteiger partial charge < -0.3 is 10.1 Å². The maximum Gasteiger partial charge on any atom is 0.259 e. The number of halogens is 2. The molecular weight excluding hydrogens is 313 g/mol. The van der Waals surface area contributed by atoms with Crippen LogP contribution in [0.2, 0.25) is 5.02 Å². The van der Waals surface area contributed by atoms with Crippen molar-refractivity contribution >= 4 is 35.0 Å². The van der Waals surface area contributed by atoms with Crippen molar-refractivity contribution in [3.05, 3.63) is 52.8 Å². The molecule has 0 aromatic heterocycles. The fraction of sp³-hybridized carbons (Fsp3) is 0.133. The molecule has 2 aromatic carbocycles. The number of ether oxygens (including phenoxy) is 1. The molecule has 0 saturated heterocycles. The molecule has 21 heavy (non-hydrogen) atoms. The first-order chi connectivity index (χ1) is 10.0. The van der Waals surface area contributed by atoms with Crippen molar-refractivity contribution in [3.63, 3.8) is 0 Å². The predicted molar refractivity (Wildman–Crippen MR) is 84.1 cm³/mol. The standard InChI is InChI=1S/C15H13ClFNO2S/c1-20-14-8-10(21-2)4-5-11(14)15(19)18-13-7-9(16)3-6-12(13)17/h3-8H,1-2H3,(H,18,19). The monoisotopic (exact) mass is 325 g/mol. The van der Waals surface area contributed by atoms with Gasteiger partial charge in [-0.05, 0) is 42.7 Å². The normalized spacial score (nSPS) is 10.3. The van der Waals surface area contributed by atoms with Crippen LogP contribution in [-0.2, 0) is 0 Å². The molecule has 0 spiro atoms. The number of hydrogen-bond donors (Lipinski definition) is 1. The molecule has 0 radical (unpaired) electrons. The highest BCUT2D eigenvalue weighted by Gasteiger charge is 2.15. The molecule has 2 rings (SSSR count). The lowest BCUT2D eigenvalue weighted by Gasteiger charge is -2.11. The third-order valence-corrected chi connectivity index (χ3v) is 3.79. The molecule has 6 heteroatoms. The number of thioether (sulfide) groups is 1. The van der Waals surface area contributed by atoms with E-state index in [4.69, 9.17) is 16.3 Å². The van der Waals surface area contributed by atoms with E-state index in [0.29, 0.717) is 16.3 Å². The van der Waals surface area contributed by atoms with Gasteiger partial charge in [0.1, 0.15) is 11.6 Å². The van der Waals surface area contributed by atoms with Gasteiger partial charge in [-0.25, -0.2) is 4.39 Å². The fourth-order valence-electron chi connectivity index (χ4n) is 1.77. The van der Waals surface area contributed by atoms with Crippen molar-refractivity contribution in [2.45, 2.75) is 4.90 Å². The summed E-state index contributed by atoms with van der Waals surface area (Å²) in [7, 11) is 1.48. The summed E-state index contributed by atoms with van der Waals surface area (Å²) < 4.78 is 18.8. The van der Waals surface area contributed by atoms with E-state index in [1.54, 1.807) is 18.2 Å². The minimum Gasteiger partial charge on any atom is -0.496 e. The van der Waals surface area contributed by atoms with Crippen LogP contribution in [0.5, 0.6) is 5.75 Å². The maximum atomic E-state index is 13.6. The van der Waals surface area contributed by atoms with Crippen molar-refractivity contribution in [2.24, 2.45) is 0 Å². The number of anilines is 1. The second kappa shape index (κ2) is 6.83. The summed E-state index contributed by atoms with van der Waals surface area (Å²) in [6.45, 7) is 0. The van der Waals surface area contributed by atoms with Gasteiger partial charge in [0.25, 0.3) is 5.91 Å². The van der Waals surface area contributed by atoms with E-state index < -0.39 is 11.7 Å². The second-order valence-corrected chi connectivity index (χ2v) is 5.46. The summed E-state index contributed by atoms with van der Waals surface area (Å²) in [5.74, 6) is -0.574. The fourth-order valence-corrected chi connectivity index (χ4v) is 2.37. The van der Waals surface area contributed by atoms with E-state index >= 15 is 0 Å². The minimum atomic E-state index is -0.549. The Morgan fingerprint density at radius 3 is 2.71 bits per heavy atom. The van der Waals surface area contributed by atoms with Gasteiger partial charge in [-0.2, -0.15) is 0 Å². The van der Waals surface area contributed by atoms with Crippen LogP contribution >= 0.6 is 23.4 Å². The van der Waals surface area contributed by atoms with Crippen LogP contribution in [0.3, 0.4) is 0 Å². The Balaban J connectivity index is 2.30. The van der Waals surface area contributed by atoms with Crippen molar-refractivity contribution in [1.29, 1.82) is 0 Å². The molecule has 110 valence electrons. The smallest absolute Gasteiger partial charge is 0.259 e. The van der Waals surface area contributed by atoms with Crippen molar-refractivity contribution in [1.82, 2.24) is 0 Å². The molecule has 1 amide bonds. The number of carbonyl (C=O) groups is 1. The van der Waals surface area contributed by atoms with Gasteiger partial charge in [0.05, 0.1) is 18.4 Å². The summed E-state index contributed by atoms with van der Waals surface area (Å²) >= 11 is 7.34. The number of methoxy groups -OCH3 is 1. The lowest BCUT2D eigenvalue weighted by Crippen LogP contribution is -2.14. The summed E-state index contributed by atoms with van der Waals surface area (Å²) in [5.41, 5.74) is 0.359.